The molecule has 6 heteroatoms. The first-order chi connectivity index (χ1) is 11.1. The minimum atomic E-state index is -0.741. The number of fused-ring (bicyclic) bond motifs is 1. The van der Waals surface area contributed by atoms with Crippen molar-refractivity contribution in [3.63, 3.8) is 0 Å². The second-order valence-electron chi connectivity index (χ2n) is 7.39. The standard InChI is InChI=1S/C17H28N2O4/c20-15(21)17-7-3-6-14(17)10-19(12-17)16(22)18-8-9-23-11-13-4-1-2-5-13/h13-14H,1-12H2,(H,18,22)(H,20,21)/t14-,17+/m0/s1. The van der Waals surface area contributed by atoms with Gasteiger partial charge in [0.25, 0.3) is 0 Å². The number of carbonyl (C=O) groups is 2. The van der Waals surface area contributed by atoms with E-state index in [1.54, 1.807) is 4.90 Å². The molecule has 0 aromatic rings. The molecule has 6 nitrogen and oxygen atoms in total. The highest BCUT2D eigenvalue weighted by molar-refractivity contribution is 5.80. The molecular formula is C17H28N2O4. The van der Waals surface area contributed by atoms with Crippen LogP contribution < -0.4 is 5.32 Å². The van der Waals surface area contributed by atoms with Crippen molar-refractivity contribution in [3.05, 3.63) is 0 Å². The number of rotatable bonds is 6. The van der Waals surface area contributed by atoms with Crippen molar-refractivity contribution in [2.24, 2.45) is 17.3 Å². The molecule has 2 N–H and O–H groups in total. The molecule has 3 fully saturated rings. The van der Waals surface area contributed by atoms with Gasteiger partial charge >= 0.3 is 12.0 Å². The van der Waals surface area contributed by atoms with Crippen LogP contribution in [0.1, 0.15) is 44.9 Å². The van der Waals surface area contributed by atoms with Gasteiger partial charge in [0.2, 0.25) is 0 Å². The van der Waals surface area contributed by atoms with Crippen molar-refractivity contribution in [1.82, 2.24) is 10.2 Å². The number of hydrogen-bond acceptors (Lipinski definition) is 3. The van der Waals surface area contributed by atoms with Crippen molar-refractivity contribution in [1.29, 1.82) is 0 Å². The van der Waals surface area contributed by atoms with Crippen LogP contribution in [0.3, 0.4) is 0 Å². The summed E-state index contributed by atoms with van der Waals surface area (Å²) in [5, 5.41) is 12.4. The fourth-order valence-electron chi connectivity index (χ4n) is 4.56. The van der Waals surface area contributed by atoms with Crippen LogP contribution in [-0.2, 0) is 9.53 Å². The number of carboxylic acids is 1. The van der Waals surface area contributed by atoms with Crippen LogP contribution in [0, 0.1) is 17.3 Å². The van der Waals surface area contributed by atoms with Gasteiger partial charge in [-0.05, 0) is 37.5 Å². The van der Waals surface area contributed by atoms with Crippen molar-refractivity contribution in [2.45, 2.75) is 44.9 Å². The van der Waals surface area contributed by atoms with Crippen molar-refractivity contribution < 1.29 is 19.4 Å². The summed E-state index contributed by atoms with van der Waals surface area (Å²) in [6, 6.07) is -0.149. The number of carbonyl (C=O) groups excluding carboxylic acids is 1. The molecule has 23 heavy (non-hydrogen) atoms. The Labute approximate surface area is 137 Å². The predicted molar refractivity (Wildman–Crippen MR) is 85.2 cm³/mol. The van der Waals surface area contributed by atoms with Gasteiger partial charge in [-0.15, -0.1) is 0 Å². The lowest BCUT2D eigenvalue weighted by Gasteiger charge is -2.23. The Bertz CT molecular complexity index is 450. The molecule has 0 aromatic heterocycles. The van der Waals surface area contributed by atoms with Crippen LogP contribution in [-0.4, -0.2) is 54.9 Å². The molecule has 1 heterocycles. The smallest absolute Gasteiger partial charge is 0.317 e. The fourth-order valence-corrected chi connectivity index (χ4v) is 4.56. The number of ether oxygens (including phenoxy) is 1. The molecule has 0 spiro atoms. The molecule has 1 aliphatic heterocycles. The second kappa shape index (κ2) is 7.07. The third-order valence-corrected chi connectivity index (χ3v) is 5.93. The van der Waals surface area contributed by atoms with Gasteiger partial charge < -0.3 is 20.1 Å². The molecule has 3 rings (SSSR count). The Hall–Kier alpha value is -1.30. The first-order valence-corrected chi connectivity index (χ1v) is 8.96. The van der Waals surface area contributed by atoms with Crippen LogP contribution >= 0.6 is 0 Å². The van der Waals surface area contributed by atoms with E-state index < -0.39 is 11.4 Å². The zero-order valence-electron chi connectivity index (χ0n) is 13.8. The molecule has 0 bridgehead atoms. The largest absolute Gasteiger partial charge is 0.481 e. The van der Waals surface area contributed by atoms with E-state index in [0.29, 0.717) is 38.6 Å². The van der Waals surface area contributed by atoms with Crippen LogP contribution in [0.15, 0.2) is 0 Å². The first kappa shape index (κ1) is 16.6. The van der Waals surface area contributed by atoms with Crippen LogP contribution in [0.2, 0.25) is 0 Å². The summed E-state index contributed by atoms with van der Waals surface area (Å²) < 4.78 is 5.64. The Balaban J connectivity index is 1.37. The van der Waals surface area contributed by atoms with Gasteiger partial charge in [-0.1, -0.05) is 19.3 Å². The van der Waals surface area contributed by atoms with E-state index >= 15 is 0 Å². The van der Waals surface area contributed by atoms with Gasteiger partial charge in [0.1, 0.15) is 0 Å². The highest BCUT2D eigenvalue weighted by Crippen LogP contribution is 2.48. The van der Waals surface area contributed by atoms with Crippen LogP contribution in [0.5, 0.6) is 0 Å². The van der Waals surface area contributed by atoms with E-state index in [1.165, 1.54) is 25.7 Å². The molecule has 0 aromatic carbocycles. The molecule has 2 saturated carbocycles. The Morgan fingerprint density at radius 2 is 2.00 bits per heavy atom. The summed E-state index contributed by atoms with van der Waals surface area (Å²) in [5.74, 6) is 0.0682. The maximum atomic E-state index is 12.2. The molecule has 2 amide bonds. The molecule has 3 aliphatic rings. The summed E-state index contributed by atoms with van der Waals surface area (Å²) in [5.41, 5.74) is -0.698. The van der Waals surface area contributed by atoms with E-state index in [0.717, 1.165) is 19.4 Å². The summed E-state index contributed by atoms with van der Waals surface area (Å²) in [7, 11) is 0. The minimum absolute atomic E-state index is 0.115. The second-order valence-corrected chi connectivity index (χ2v) is 7.39. The maximum Gasteiger partial charge on any atom is 0.317 e. The van der Waals surface area contributed by atoms with Gasteiger partial charge in [0, 0.05) is 26.2 Å². The zero-order valence-corrected chi connectivity index (χ0v) is 13.8. The summed E-state index contributed by atoms with van der Waals surface area (Å²) in [6.45, 7) is 2.74. The maximum absolute atomic E-state index is 12.2. The lowest BCUT2D eigenvalue weighted by atomic mass is 9.81. The number of carboxylic acid groups (broad SMARTS) is 1. The predicted octanol–water partition coefficient (Wildman–Crippen LogP) is 2.09. The quantitative estimate of drug-likeness (QED) is 0.733. The van der Waals surface area contributed by atoms with E-state index in [4.69, 9.17) is 4.74 Å². The average molecular weight is 324 g/mol. The van der Waals surface area contributed by atoms with Gasteiger partial charge in [0.05, 0.1) is 12.0 Å². The number of hydrogen-bond donors (Lipinski definition) is 2. The lowest BCUT2D eigenvalue weighted by molar-refractivity contribution is -0.149. The summed E-state index contributed by atoms with van der Waals surface area (Å²) in [6.07, 6.45) is 7.72. The van der Waals surface area contributed by atoms with Crippen molar-refractivity contribution in [3.8, 4) is 0 Å². The molecule has 0 unspecified atom stereocenters. The average Bonchev–Trinajstić information content (AvgIpc) is 3.21. The molecule has 0 radical (unpaired) electrons. The third kappa shape index (κ3) is 3.47. The SMILES string of the molecule is O=C(NCCOCC1CCCC1)N1C[C@@H]2CCC[C@@]2(C(=O)O)C1. The minimum Gasteiger partial charge on any atom is -0.481 e. The number of urea groups is 1. The lowest BCUT2D eigenvalue weighted by Crippen LogP contribution is -2.42. The van der Waals surface area contributed by atoms with Crippen LogP contribution in [0.25, 0.3) is 0 Å². The summed E-state index contributed by atoms with van der Waals surface area (Å²) in [4.78, 5) is 25.5. The van der Waals surface area contributed by atoms with Gasteiger partial charge in [-0.2, -0.15) is 0 Å². The van der Waals surface area contributed by atoms with Crippen molar-refractivity contribution in [2.75, 3.05) is 32.8 Å². The highest BCUT2D eigenvalue weighted by Gasteiger charge is 2.55. The van der Waals surface area contributed by atoms with E-state index in [2.05, 4.69) is 5.32 Å². The van der Waals surface area contributed by atoms with Gasteiger partial charge in [-0.25, -0.2) is 4.79 Å². The van der Waals surface area contributed by atoms with Crippen molar-refractivity contribution >= 4 is 12.0 Å². The van der Waals surface area contributed by atoms with Crippen LogP contribution in [0.4, 0.5) is 4.79 Å². The molecule has 2 aliphatic carbocycles. The normalized spacial score (nSPS) is 30.6. The molecular weight excluding hydrogens is 296 g/mol. The van der Waals surface area contributed by atoms with E-state index in [1.807, 2.05) is 0 Å². The molecule has 2 atom stereocenters. The van der Waals surface area contributed by atoms with E-state index in [9.17, 15) is 14.7 Å². The first-order valence-electron chi connectivity index (χ1n) is 8.96. The number of nitrogens with one attached hydrogen (secondary N) is 1. The molecule has 1 saturated heterocycles. The number of amides is 2. The Kier molecular flexibility index (Phi) is 5.09. The monoisotopic (exact) mass is 324 g/mol. The number of nitrogens with zero attached hydrogens (tertiary/aromatic N) is 1. The Morgan fingerprint density at radius 1 is 1.22 bits per heavy atom. The zero-order chi connectivity index (χ0) is 16.3. The molecule has 130 valence electrons. The fraction of sp³-hybridized carbons (Fsp3) is 0.882. The van der Waals surface area contributed by atoms with Gasteiger partial charge in [0.15, 0.2) is 0 Å². The van der Waals surface area contributed by atoms with Gasteiger partial charge in [-0.3, -0.25) is 4.79 Å². The Morgan fingerprint density at radius 3 is 2.70 bits per heavy atom. The van der Waals surface area contributed by atoms with E-state index in [-0.39, 0.29) is 11.9 Å². The number of likely N-dealkylation sites (tertiary alicyclic amines) is 1. The highest BCUT2D eigenvalue weighted by atomic mass is 16.5. The number of aliphatic carboxylic acids is 1. The summed E-state index contributed by atoms with van der Waals surface area (Å²) >= 11 is 0. The third-order valence-electron chi connectivity index (χ3n) is 5.93. The topological polar surface area (TPSA) is 78.9 Å².